The SMILES string of the molecule is CCCN(CCC)C(=O)c1cn2ccc(C)cc2n1. The second kappa shape index (κ2) is 5.87. The first-order valence-corrected chi connectivity index (χ1v) is 6.90. The summed E-state index contributed by atoms with van der Waals surface area (Å²) in [5.74, 6) is 0.0325. The smallest absolute Gasteiger partial charge is 0.274 e. The van der Waals surface area contributed by atoms with Crippen LogP contribution in [0, 0.1) is 6.92 Å². The lowest BCUT2D eigenvalue weighted by Gasteiger charge is -2.20. The Labute approximate surface area is 114 Å². The lowest BCUT2D eigenvalue weighted by molar-refractivity contribution is 0.0750. The normalized spacial score (nSPS) is 10.9. The summed E-state index contributed by atoms with van der Waals surface area (Å²) >= 11 is 0. The molecule has 0 aliphatic carbocycles. The van der Waals surface area contributed by atoms with Gasteiger partial charge in [-0.1, -0.05) is 13.8 Å². The molecule has 0 aliphatic rings. The fraction of sp³-hybridized carbons (Fsp3) is 0.467. The highest BCUT2D eigenvalue weighted by Crippen LogP contribution is 2.10. The second-order valence-electron chi connectivity index (χ2n) is 4.89. The number of fused-ring (bicyclic) bond motifs is 1. The first kappa shape index (κ1) is 13.6. The van der Waals surface area contributed by atoms with Crippen molar-refractivity contribution in [2.75, 3.05) is 13.1 Å². The van der Waals surface area contributed by atoms with Crippen molar-refractivity contribution >= 4 is 11.6 Å². The number of hydrogen-bond donors (Lipinski definition) is 0. The van der Waals surface area contributed by atoms with Gasteiger partial charge in [-0.05, 0) is 37.5 Å². The predicted octanol–water partition coefficient (Wildman–Crippen LogP) is 2.90. The molecule has 2 rings (SSSR count). The Bertz CT molecular complexity index is 568. The van der Waals surface area contributed by atoms with E-state index in [1.54, 1.807) is 0 Å². The van der Waals surface area contributed by atoms with Crippen LogP contribution in [0.15, 0.2) is 24.5 Å². The van der Waals surface area contributed by atoms with Gasteiger partial charge < -0.3 is 9.30 Å². The van der Waals surface area contributed by atoms with Gasteiger partial charge in [-0.25, -0.2) is 4.98 Å². The monoisotopic (exact) mass is 259 g/mol. The average molecular weight is 259 g/mol. The van der Waals surface area contributed by atoms with E-state index < -0.39 is 0 Å². The van der Waals surface area contributed by atoms with Crippen LogP contribution in [0.4, 0.5) is 0 Å². The molecule has 4 heteroatoms. The minimum Gasteiger partial charge on any atom is -0.337 e. The molecule has 0 radical (unpaired) electrons. The molecule has 19 heavy (non-hydrogen) atoms. The van der Waals surface area contributed by atoms with Gasteiger partial charge in [0.25, 0.3) is 5.91 Å². The fourth-order valence-corrected chi connectivity index (χ4v) is 2.20. The summed E-state index contributed by atoms with van der Waals surface area (Å²) in [6, 6.07) is 4.00. The molecular weight excluding hydrogens is 238 g/mol. The number of imidazole rings is 1. The highest BCUT2D eigenvalue weighted by Gasteiger charge is 2.17. The Morgan fingerprint density at radius 2 is 2.00 bits per heavy atom. The number of carbonyl (C=O) groups excluding carboxylic acids is 1. The van der Waals surface area contributed by atoms with Crippen LogP contribution in [-0.4, -0.2) is 33.3 Å². The van der Waals surface area contributed by atoms with Gasteiger partial charge in [-0.3, -0.25) is 4.79 Å². The highest BCUT2D eigenvalue weighted by atomic mass is 16.2. The van der Waals surface area contributed by atoms with Crippen molar-refractivity contribution in [2.24, 2.45) is 0 Å². The maximum Gasteiger partial charge on any atom is 0.274 e. The number of carbonyl (C=O) groups is 1. The molecule has 0 aromatic carbocycles. The summed E-state index contributed by atoms with van der Waals surface area (Å²) in [6.45, 7) is 7.78. The number of pyridine rings is 1. The molecule has 2 aromatic rings. The lowest BCUT2D eigenvalue weighted by atomic mass is 10.3. The van der Waals surface area contributed by atoms with Crippen molar-refractivity contribution in [3.8, 4) is 0 Å². The van der Waals surface area contributed by atoms with Crippen molar-refractivity contribution in [1.82, 2.24) is 14.3 Å². The molecule has 0 unspecified atom stereocenters. The van der Waals surface area contributed by atoms with Crippen LogP contribution in [0.1, 0.15) is 42.7 Å². The summed E-state index contributed by atoms with van der Waals surface area (Å²) in [5, 5.41) is 0. The molecule has 102 valence electrons. The van der Waals surface area contributed by atoms with Crippen molar-refractivity contribution in [2.45, 2.75) is 33.6 Å². The van der Waals surface area contributed by atoms with E-state index in [9.17, 15) is 4.79 Å². The number of aryl methyl sites for hydroxylation is 1. The van der Waals surface area contributed by atoms with Crippen molar-refractivity contribution in [1.29, 1.82) is 0 Å². The minimum absolute atomic E-state index is 0.0325. The van der Waals surface area contributed by atoms with E-state index in [2.05, 4.69) is 18.8 Å². The maximum absolute atomic E-state index is 12.4. The topological polar surface area (TPSA) is 37.6 Å². The Balaban J connectivity index is 2.29. The van der Waals surface area contributed by atoms with Crippen molar-refractivity contribution < 1.29 is 4.79 Å². The van der Waals surface area contributed by atoms with Crippen LogP contribution in [0.5, 0.6) is 0 Å². The average Bonchev–Trinajstić information content (AvgIpc) is 2.80. The first-order chi connectivity index (χ1) is 9.15. The minimum atomic E-state index is 0.0325. The van der Waals surface area contributed by atoms with E-state index >= 15 is 0 Å². The van der Waals surface area contributed by atoms with E-state index in [1.165, 1.54) is 0 Å². The Kier molecular flexibility index (Phi) is 4.20. The van der Waals surface area contributed by atoms with Gasteiger partial charge in [0, 0.05) is 25.5 Å². The fourth-order valence-electron chi connectivity index (χ4n) is 2.20. The number of hydrogen-bond acceptors (Lipinski definition) is 2. The molecule has 0 atom stereocenters. The molecule has 4 nitrogen and oxygen atoms in total. The van der Waals surface area contributed by atoms with Gasteiger partial charge in [0.15, 0.2) is 0 Å². The molecule has 2 aromatic heterocycles. The molecule has 0 bridgehead atoms. The van der Waals surface area contributed by atoms with E-state index in [4.69, 9.17) is 0 Å². The zero-order chi connectivity index (χ0) is 13.8. The van der Waals surface area contributed by atoms with Crippen LogP contribution in [0.2, 0.25) is 0 Å². The summed E-state index contributed by atoms with van der Waals surface area (Å²) in [4.78, 5) is 18.7. The Morgan fingerprint density at radius 1 is 1.32 bits per heavy atom. The lowest BCUT2D eigenvalue weighted by Crippen LogP contribution is -2.32. The van der Waals surface area contributed by atoms with Crippen LogP contribution in [-0.2, 0) is 0 Å². The van der Waals surface area contributed by atoms with E-state index in [0.717, 1.165) is 37.1 Å². The number of amides is 1. The number of rotatable bonds is 5. The summed E-state index contributed by atoms with van der Waals surface area (Å²) in [5.41, 5.74) is 2.51. The quantitative estimate of drug-likeness (QED) is 0.828. The van der Waals surface area contributed by atoms with Gasteiger partial charge in [0.2, 0.25) is 0 Å². The molecule has 0 saturated heterocycles. The zero-order valence-electron chi connectivity index (χ0n) is 11.9. The van der Waals surface area contributed by atoms with Gasteiger partial charge in [-0.15, -0.1) is 0 Å². The van der Waals surface area contributed by atoms with Crippen LogP contribution < -0.4 is 0 Å². The van der Waals surface area contributed by atoms with Crippen molar-refractivity contribution in [3.05, 3.63) is 35.8 Å². The third-order valence-corrected chi connectivity index (χ3v) is 3.11. The number of aromatic nitrogens is 2. The van der Waals surface area contributed by atoms with Crippen molar-refractivity contribution in [3.63, 3.8) is 0 Å². The van der Waals surface area contributed by atoms with E-state index in [1.807, 2.05) is 40.8 Å². The van der Waals surface area contributed by atoms with Crippen LogP contribution in [0.3, 0.4) is 0 Å². The van der Waals surface area contributed by atoms with Crippen LogP contribution >= 0.6 is 0 Å². The van der Waals surface area contributed by atoms with Crippen LogP contribution in [0.25, 0.3) is 5.65 Å². The van der Waals surface area contributed by atoms with Gasteiger partial charge in [0.05, 0.1) is 0 Å². The standard InChI is InChI=1S/C15H21N3O/c1-4-7-17(8-5-2)15(19)13-11-18-9-6-12(3)10-14(18)16-13/h6,9-11H,4-5,7-8H2,1-3H3. The van der Waals surface area contributed by atoms with E-state index in [-0.39, 0.29) is 5.91 Å². The largest absolute Gasteiger partial charge is 0.337 e. The Hall–Kier alpha value is -1.84. The van der Waals surface area contributed by atoms with Gasteiger partial charge >= 0.3 is 0 Å². The molecular formula is C15H21N3O. The molecule has 0 N–H and O–H groups in total. The highest BCUT2D eigenvalue weighted by molar-refractivity contribution is 5.92. The van der Waals surface area contributed by atoms with E-state index in [0.29, 0.717) is 5.69 Å². The predicted molar refractivity (Wildman–Crippen MR) is 76.4 cm³/mol. The second-order valence-corrected chi connectivity index (χ2v) is 4.89. The maximum atomic E-state index is 12.4. The number of nitrogens with zero attached hydrogens (tertiary/aromatic N) is 3. The summed E-state index contributed by atoms with van der Waals surface area (Å²) < 4.78 is 1.90. The third-order valence-electron chi connectivity index (χ3n) is 3.11. The third kappa shape index (κ3) is 2.95. The molecule has 0 saturated carbocycles. The summed E-state index contributed by atoms with van der Waals surface area (Å²) in [7, 11) is 0. The molecule has 0 fully saturated rings. The molecule has 0 aliphatic heterocycles. The van der Waals surface area contributed by atoms with Gasteiger partial charge in [-0.2, -0.15) is 0 Å². The molecule has 1 amide bonds. The molecule has 0 spiro atoms. The summed E-state index contributed by atoms with van der Waals surface area (Å²) in [6.07, 6.45) is 5.70. The zero-order valence-corrected chi connectivity index (χ0v) is 11.9. The first-order valence-electron chi connectivity index (χ1n) is 6.90. The molecule has 2 heterocycles. The Morgan fingerprint density at radius 3 is 2.63 bits per heavy atom. The van der Waals surface area contributed by atoms with Gasteiger partial charge in [0.1, 0.15) is 11.3 Å².